The number of rotatable bonds is 4. The average Bonchev–Trinajstić information content (AvgIpc) is 2.32. The third-order valence-electron chi connectivity index (χ3n) is 4.16. The molecule has 0 aromatic rings. The van der Waals surface area contributed by atoms with Gasteiger partial charge in [0.1, 0.15) is 0 Å². The molecule has 0 aromatic heterocycles. The first-order valence-electron chi connectivity index (χ1n) is 7.03. The summed E-state index contributed by atoms with van der Waals surface area (Å²) in [6.07, 6.45) is 15.1. The largest absolute Gasteiger partial charge is 0.161 e. The van der Waals surface area contributed by atoms with Crippen LogP contribution in [0.1, 0.15) is 64.2 Å². The Labute approximate surface area is 99.6 Å². The SMILES string of the molecule is C1CCC(CSCC2CCCCC2)CC1. The van der Waals surface area contributed by atoms with Gasteiger partial charge in [0.2, 0.25) is 0 Å². The molecule has 2 saturated carbocycles. The van der Waals surface area contributed by atoms with Crippen molar-refractivity contribution in [2.24, 2.45) is 11.8 Å². The summed E-state index contributed by atoms with van der Waals surface area (Å²) in [7, 11) is 0. The summed E-state index contributed by atoms with van der Waals surface area (Å²) < 4.78 is 0. The van der Waals surface area contributed by atoms with E-state index in [1.54, 1.807) is 0 Å². The molecule has 0 saturated heterocycles. The van der Waals surface area contributed by atoms with Crippen molar-refractivity contribution in [2.45, 2.75) is 64.2 Å². The lowest BCUT2D eigenvalue weighted by atomic mass is 9.91. The second-order valence-electron chi connectivity index (χ2n) is 5.55. The number of hydrogen-bond donors (Lipinski definition) is 0. The molecule has 0 aliphatic heterocycles. The van der Waals surface area contributed by atoms with E-state index in [1.165, 1.54) is 75.7 Å². The highest BCUT2D eigenvalue weighted by Crippen LogP contribution is 2.30. The van der Waals surface area contributed by atoms with Crippen LogP contribution in [0.3, 0.4) is 0 Å². The number of hydrogen-bond acceptors (Lipinski definition) is 1. The van der Waals surface area contributed by atoms with Crippen LogP contribution in [0.25, 0.3) is 0 Å². The molecular weight excluding hydrogens is 200 g/mol. The lowest BCUT2D eigenvalue weighted by Gasteiger charge is -2.24. The van der Waals surface area contributed by atoms with Crippen molar-refractivity contribution in [3.63, 3.8) is 0 Å². The molecule has 0 heterocycles. The quantitative estimate of drug-likeness (QED) is 0.658. The van der Waals surface area contributed by atoms with E-state index >= 15 is 0 Å². The normalized spacial score (nSPS) is 25.6. The Kier molecular flexibility index (Phi) is 5.38. The minimum Gasteiger partial charge on any atom is -0.161 e. The van der Waals surface area contributed by atoms with Crippen LogP contribution in [-0.2, 0) is 0 Å². The van der Waals surface area contributed by atoms with Crippen LogP contribution in [0.15, 0.2) is 0 Å². The molecule has 0 aromatic carbocycles. The summed E-state index contributed by atoms with van der Waals surface area (Å²) in [4.78, 5) is 0. The minimum absolute atomic E-state index is 1.08. The molecule has 0 spiro atoms. The maximum absolute atomic E-state index is 2.27. The Balaban J connectivity index is 1.53. The summed E-state index contributed by atoms with van der Waals surface area (Å²) in [5.41, 5.74) is 0. The van der Waals surface area contributed by atoms with Crippen molar-refractivity contribution in [1.82, 2.24) is 0 Å². The van der Waals surface area contributed by atoms with Crippen LogP contribution in [0, 0.1) is 11.8 Å². The third kappa shape index (κ3) is 4.38. The second-order valence-corrected chi connectivity index (χ2v) is 6.62. The molecule has 0 amide bonds. The van der Waals surface area contributed by atoms with E-state index in [-0.39, 0.29) is 0 Å². The average molecular weight is 226 g/mol. The zero-order valence-electron chi connectivity index (χ0n) is 10.0. The fourth-order valence-electron chi connectivity index (χ4n) is 3.11. The molecule has 0 N–H and O–H groups in total. The van der Waals surface area contributed by atoms with Gasteiger partial charge in [-0.15, -0.1) is 0 Å². The molecule has 2 aliphatic rings. The van der Waals surface area contributed by atoms with E-state index in [4.69, 9.17) is 0 Å². The monoisotopic (exact) mass is 226 g/mol. The second kappa shape index (κ2) is 6.83. The van der Waals surface area contributed by atoms with Gasteiger partial charge in [-0.2, -0.15) is 11.8 Å². The van der Waals surface area contributed by atoms with Crippen molar-refractivity contribution in [3.05, 3.63) is 0 Å². The van der Waals surface area contributed by atoms with Crippen molar-refractivity contribution >= 4 is 11.8 Å². The molecule has 0 unspecified atom stereocenters. The van der Waals surface area contributed by atoms with Crippen LogP contribution < -0.4 is 0 Å². The van der Waals surface area contributed by atoms with Crippen LogP contribution in [-0.4, -0.2) is 11.5 Å². The van der Waals surface area contributed by atoms with E-state index < -0.39 is 0 Å². The van der Waals surface area contributed by atoms with Gasteiger partial charge in [0.05, 0.1) is 0 Å². The minimum atomic E-state index is 1.08. The third-order valence-corrected chi connectivity index (χ3v) is 5.57. The van der Waals surface area contributed by atoms with Crippen LogP contribution in [0.4, 0.5) is 0 Å². The molecule has 0 radical (unpaired) electrons. The first-order valence-corrected chi connectivity index (χ1v) is 8.18. The molecule has 0 atom stereocenters. The Morgan fingerprint density at radius 1 is 0.600 bits per heavy atom. The topological polar surface area (TPSA) is 0 Å². The van der Waals surface area contributed by atoms with Crippen LogP contribution in [0.2, 0.25) is 0 Å². The van der Waals surface area contributed by atoms with Gasteiger partial charge < -0.3 is 0 Å². The Morgan fingerprint density at radius 3 is 1.40 bits per heavy atom. The molecule has 0 bridgehead atoms. The van der Waals surface area contributed by atoms with Gasteiger partial charge in [0.15, 0.2) is 0 Å². The van der Waals surface area contributed by atoms with Gasteiger partial charge in [0, 0.05) is 0 Å². The van der Waals surface area contributed by atoms with Crippen molar-refractivity contribution < 1.29 is 0 Å². The first-order chi connectivity index (χ1) is 7.45. The molecule has 1 heteroatoms. The molecular formula is C14H26S. The fourth-order valence-corrected chi connectivity index (χ4v) is 4.58. The summed E-state index contributed by atoms with van der Waals surface area (Å²) in [6.45, 7) is 0. The summed E-state index contributed by atoms with van der Waals surface area (Å²) >= 11 is 2.27. The molecule has 2 fully saturated rings. The van der Waals surface area contributed by atoms with Crippen molar-refractivity contribution in [2.75, 3.05) is 11.5 Å². The van der Waals surface area contributed by atoms with E-state index in [9.17, 15) is 0 Å². The standard InChI is InChI=1S/C14H26S/c1-3-7-13(8-4-1)11-15-12-14-9-5-2-6-10-14/h13-14H,1-12H2. The zero-order valence-corrected chi connectivity index (χ0v) is 10.9. The molecule has 88 valence electrons. The summed E-state index contributed by atoms with van der Waals surface area (Å²) in [5, 5.41) is 0. The van der Waals surface area contributed by atoms with Crippen LogP contribution >= 0.6 is 11.8 Å². The van der Waals surface area contributed by atoms with Gasteiger partial charge in [-0.1, -0.05) is 38.5 Å². The molecule has 2 rings (SSSR count). The Morgan fingerprint density at radius 2 is 1.00 bits per heavy atom. The smallest absolute Gasteiger partial charge is 0.00390 e. The summed E-state index contributed by atoms with van der Waals surface area (Å²) in [5.74, 6) is 5.09. The van der Waals surface area contributed by atoms with Crippen molar-refractivity contribution in [3.8, 4) is 0 Å². The van der Waals surface area contributed by atoms with E-state index in [2.05, 4.69) is 11.8 Å². The highest BCUT2D eigenvalue weighted by atomic mass is 32.2. The highest BCUT2D eigenvalue weighted by Gasteiger charge is 2.16. The van der Waals surface area contributed by atoms with E-state index in [1.807, 2.05) is 0 Å². The highest BCUT2D eigenvalue weighted by molar-refractivity contribution is 7.99. The van der Waals surface area contributed by atoms with E-state index in [0.29, 0.717) is 0 Å². The maximum atomic E-state index is 2.27. The first kappa shape index (κ1) is 11.8. The predicted octanol–water partition coefficient (Wildman–Crippen LogP) is 4.88. The maximum Gasteiger partial charge on any atom is -0.00390 e. The van der Waals surface area contributed by atoms with Gasteiger partial charge in [-0.05, 0) is 49.0 Å². The van der Waals surface area contributed by atoms with Gasteiger partial charge >= 0.3 is 0 Å². The van der Waals surface area contributed by atoms with Gasteiger partial charge in [-0.3, -0.25) is 0 Å². The molecule has 2 aliphatic carbocycles. The lowest BCUT2D eigenvalue weighted by Crippen LogP contribution is -2.12. The molecule has 15 heavy (non-hydrogen) atoms. The Hall–Kier alpha value is 0.350. The van der Waals surface area contributed by atoms with Gasteiger partial charge in [0.25, 0.3) is 0 Å². The summed E-state index contributed by atoms with van der Waals surface area (Å²) in [6, 6.07) is 0. The fraction of sp³-hybridized carbons (Fsp3) is 1.00. The Bertz CT molecular complexity index is 137. The van der Waals surface area contributed by atoms with Crippen molar-refractivity contribution in [1.29, 1.82) is 0 Å². The molecule has 0 nitrogen and oxygen atoms in total. The van der Waals surface area contributed by atoms with Gasteiger partial charge in [-0.25, -0.2) is 0 Å². The van der Waals surface area contributed by atoms with Crippen LogP contribution in [0.5, 0.6) is 0 Å². The van der Waals surface area contributed by atoms with E-state index in [0.717, 1.165) is 11.8 Å². The number of thioether (sulfide) groups is 1. The lowest BCUT2D eigenvalue weighted by molar-refractivity contribution is 0.383. The zero-order chi connectivity index (χ0) is 10.3. The predicted molar refractivity (Wildman–Crippen MR) is 70.5 cm³/mol.